The van der Waals surface area contributed by atoms with Crippen molar-refractivity contribution in [3.05, 3.63) is 23.3 Å². The number of hydrogen-bond acceptors (Lipinski definition) is 4. The second-order valence-electron chi connectivity index (χ2n) is 4.41. The highest BCUT2D eigenvalue weighted by molar-refractivity contribution is 5.25. The summed E-state index contributed by atoms with van der Waals surface area (Å²) in [5.74, 6) is 1.19. The Morgan fingerprint density at radius 3 is 2.69 bits per heavy atom. The van der Waals surface area contributed by atoms with Crippen molar-refractivity contribution in [3.8, 4) is 6.07 Å². The Morgan fingerprint density at radius 2 is 2.06 bits per heavy atom. The first kappa shape index (κ1) is 11.0. The Labute approximate surface area is 95.9 Å². The van der Waals surface area contributed by atoms with Crippen LogP contribution in [-0.2, 0) is 0 Å². The van der Waals surface area contributed by atoms with E-state index in [1.54, 1.807) is 0 Å². The lowest BCUT2D eigenvalue weighted by Crippen LogP contribution is -2.29. The topological polar surface area (TPSA) is 52.8 Å². The smallest absolute Gasteiger partial charge is 0.144 e. The monoisotopic (exact) mass is 216 g/mol. The molecule has 1 aliphatic heterocycles. The molecule has 4 heteroatoms. The summed E-state index contributed by atoms with van der Waals surface area (Å²) in [7, 11) is 2.14. The van der Waals surface area contributed by atoms with Crippen molar-refractivity contribution in [2.45, 2.75) is 25.7 Å². The molecule has 0 spiro atoms. The molecule has 1 aromatic heterocycles. The predicted octanol–water partition coefficient (Wildman–Crippen LogP) is 1.47. The fourth-order valence-electron chi connectivity index (χ4n) is 2.16. The van der Waals surface area contributed by atoms with Crippen molar-refractivity contribution < 1.29 is 0 Å². The molecule has 2 heterocycles. The summed E-state index contributed by atoms with van der Waals surface area (Å²) in [6.07, 6.45) is 2.25. The fraction of sp³-hybridized carbons (Fsp3) is 0.583. The second kappa shape index (κ2) is 4.58. The molecule has 4 nitrogen and oxygen atoms in total. The first-order valence-corrected chi connectivity index (χ1v) is 5.63. The van der Waals surface area contributed by atoms with Gasteiger partial charge in [-0.3, -0.25) is 0 Å². The standard InChI is InChI=1S/C12H16N4/c1-9-14-11(8-13)7-12(15-9)10-3-5-16(2)6-4-10/h7,10H,3-6H2,1-2H3. The third-order valence-corrected chi connectivity index (χ3v) is 3.11. The number of likely N-dealkylation sites (tertiary alicyclic amines) is 1. The number of aryl methyl sites for hydroxylation is 1. The van der Waals surface area contributed by atoms with E-state index in [4.69, 9.17) is 5.26 Å². The average molecular weight is 216 g/mol. The van der Waals surface area contributed by atoms with Gasteiger partial charge in [0.1, 0.15) is 17.6 Å². The lowest BCUT2D eigenvalue weighted by Gasteiger charge is -2.28. The summed E-state index contributed by atoms with van der Waals surface area (Å²) in [6.45, 7) is 4.06. The van der Waals surface area contributed by atoms with Crippen LogP contribution in [0, 0.1) is 18.3 Å². The van der Waals surface area contributed by atoms with Crippen LogP contribution < -0.4 is 0 Å². The van der Waals surface area contributed by atoms with Crippen molar-refractivity contribution in [2.24, 2.45) is 0 Å². The largest absolute Gasteiger partial charge is 0.306 e. The van der Waals surface area contributed by atoms with Gasteiger partial charge in [0, 0.05) is 11.6 Å². The van der Waals surface area contributed by atoms with E-state index in [2.05, 4.69) is 28.0 Å². The van der Waals surface area contributed by atoms with Crippen LogP contribution in [0.5, 0.6) is 0 Å². The Bertz CT molecular complexity index is 414. The van der Waals surface area contributed by atoms with Crippen LogP contribution in [0.25, 0.3) is 0 Å². The van der Waals surface area contributed by atoms with E-state index in [9.17, 15) is 0 Å². The maximum atomic E-state index is 8.88. The Balaban J connectivity index is 2.20. The lowest BCUT2D eigenvalue weighted by molar-refractivity contribution is 0.253. The first-order valence-electron chi connectivity index (χ1n) is 5.63. The number of hydrogen-bond donors (Lipinski definition) is 0. The number of aromatic nitrogens is 2. The summed E-state index contributed by atoms with van der Waals surface area (Å²) in [6, 6.07) is 3.93. The number of piperidine rings is 1. The first-order chi connectivity index (χ1) is 7.69. The molecule has 16 heavy (non-hydrogen) atoms. The highest BCUT2D eigenvalue weighted by Gasteiger charge is 2.20. The van der Waals surface area contributed by atoms with E-state index < -0.39 is 0 Å². The molecule has 0 saturated carbocycles. The van der Waals surface area contributed by atoms with Gasteiger partial charge in [-0.1, -0.05) is 0 Å². The van der Waals surface area contributed by atoms with Crippen molar-refractivity contribution in [1.29, 1.82) is 5.26 Å². The van der Waals surface area contributed by atoms with E-state index in [0.717, 1.165) is 31.6 Å². The predicted molar refractivity (Wildman–Crippen MR) is 61.0 cm³/mol. The molecule has 0 aromatic carbocycles. The van der Waals surface area contributed by atoms with Gasteiger partial charge < -0.3 is 4.90 Å². The van der Waals surface area contributed by atoms with E-state index in [-0.39, 0.29) is 0 Å². The molecule has 2 rings (SSSR count). The maximum absolute atomic E-state index is 8.88. The molecular weight excluding hydrogens is 200 g/mol. The minimum atomic E-state index is 0.487. The van der Waals surface area contributed by atoms with Crippen molar-refractivity contribution >= 4 is 0 Å². The molecule has 0 unspecified atom stereocenters. The van der Waals surface area contributed by atoms with E-state index in [0.29, 0.717) is 17.4 Å². The lowest BCUT2D eigenvalue weighted by atomic mass is 9.93. The minimum absolute atomic E-state index is 0.487. The molecule has 0 amide bonds. The molecule has 1 aromatic rings. The van der Waals surface area contributed by atoms with Crippen molar-refractivity contribution in [3.63, 3.8) is 0 Å². The van der Waals surface area contributed by atoms with Crippen molar-refractivity contribution in [1.82, 2.24) is 14.9 Å². The summed E-state index contributed by atoms with van der Waals surface area (Å²) in [5.41, 5.74) is 1.53. The highest BCUT2D eigenvalue weighted by Crippen LogP contribution is 2.26. The van der Waals surface area contributed by atoms with Gasteiger partial charge in [0.15, 0.2) is 0 Å². The average Bonchev–Trinajstić information content (AvgIpc) is 2.29. The number of nitriles is 1. The van der Waals surface area contributed by atoms with Gasteiger partial charge in [-0.05, 0) is 46.0 Å². The van der Waals surface area contributed by atoms with Gasteiger partial charge in [-0.25, -0.2) is 9.97 Å². The zero-order valence-corrected chi connectivity index (χ0v) is 9.77. The van der Waals surface area contributed by atoms with Gasteiger partial charge in [0.05, 0.1) is 0 Å². The number of rotatable bonds is 1. The molecule has 0 bridgehead atoms. The minimum Gasteiger partial charge on any atom is -0.306 e. The van der Waals surface area contributed by atoms with Crippen LogP contribution in [0.3, 0.4) is 0 Å². The molecule has 1 saturated heterocycles. The Hall–Kier alpha value is -1.47. The molecule has 1 fully saturated rings. The third kappa shape index (κ3) is 2.37. The van der Waals surface area contributed by atoms with Gasteiger partial charge in [-0.15, -0.1) is 0 Å². The van der Waals surface area contributed by atoms with Crippen LogP contribution in [-0.4, -0.2) is 35.0 Å². The zero-order chi connectivity index (χ0) is 11.5. The molecule has 1 aliphatic rings. The van der Waals surface area contributed by atoms with Crippen LogP contribution in [0.2, 0.25) is 0 Å². The van der Waals surface area contributed by atoms with Crippen LogP contribution in [0.4, 0.5) is 0 Å². The van der Waals surface area contributed by atoms with Gasteiger partial charge in [0.25, 0.3) is 0 Å². The summed E-state index contributed by atoms with van der Waals surface area (Å²) >= 11 is 0. The molecule has 0 atom stereocenters. The van der Waals surface area contributed by atoms with E-state index in [1.165, 1.54) is 0 Å². The van der Waals surface area contributed by atoms with Crippen LogP contribution in [0.15, 0.2) is 6.07 Å². The second-order valence-corrected chi connectivity index (χ2v) is 4.41. The van der Waals surface area contributed by atoms with Gasteiger partial charge >= 0.3 is 0 Å². The zero-order valence-electron chi connectivity index (χ0n) is 9.77. The Morgan fingerprint density at radius 1 is 1.38 bits per heavy atom. The summed E-state index contributed by atoms with van der Waals surface area (Å²) < 4.78 is 0. The maximum Gasteiger partial charge on any atom is 0.144 e. The third-order valence-electron chi connectivity index (χ3n) is 3.11. The van der Waals surface area contributed by atoms with Crippen LogP contribution in [0.1, 0.15) is 36.0 Å². The highest BCUT2D eigenvalue weighted by atomic mass is 15.1. The molecule has 0 N–H and O–H groups in total. The summed E-state index contributed by atoms with van der Waals surface area (Å²) in [4.78, 5) is 10.9. The molecular formula is C12H16N4. The molecule has 0 radical (unpaired) electrons. The van der Waals surface area contributed by atoms with E-state index in [1.807, 2.05) is 13.0 Å². The quantitative estimate of drug-likeness (QED) is 0.713. The SMILES string of the molecule is Cc1nc(C#N)cc(C2CCN(C)CC2)n1. The normalized spacial score (nSPS) is 18.3. The van der Waals surface area contributed by atoms with E-state index >= 15 is 0 Å². The fourth-order valence-corrected chi connectivity index (χ4v) is 2.16. The van der Waals surface area contributed by atoms with Gasteiger partial charge in [0.2, 0.25) is 0 Å². The molecule has 84 valence electrons. The number of nitrogens with zero attached hydrogens (tertiary/aromatic N) is 4. The Kier molecular flexibility index (Phi) is 3.16. The van der Waals surface area contributed by atoms with Gasteiger partial charge in [-0.2, -0.15) is 5.26 Å². The summed E-state index contributed by atoms with van der Waals surface area (Å²) in [5, 5.41) is 8.88. The molecule has 0 aliphatic carbocycles. The van der Waals surface area contributed by atoms with Crippen molar-refractivity contribution in [2.75, 3.05) is 20.1 Å². The van der Waals surface area contributed by atoms with Crippen LogP contribution >= 0.6 is 0 Å².